The van der Waals surface area contributed by atoms with Crippen LogP contribution in [0, 0.1) is 0 Å². The molecule has 1 atom stereocenters. The number of hydrogen-bond donors (Lipinski definition) is 0. The van der Waals surface area contributed by atoms with Gasteiger partial charge in [-0.25, -0.2) is 9.67 Å². The molecule has 0 bridgehead atoms. The van der Waals surface area contributed by atoms with Crippen molar-refractivity contribution in [2.45, 2.75) is 31.8 Å². The zero-order chi connectivity index (χ0) is 17.1. The molecule has 0 N–H and O–H groups in total. The van der Waals surface area contributed by atoms with Gasteiger partial charge in [0, 0.05) is 13.1 Å². The third-order valence-corrected chi connectivity index (χ3v) is 5.44. The normalized spacial score (nSPS) is 24.8. The number of anilines is 1. The molecule has 6 nitrogen and oxygen atoms in total. The first kappa shape index (κ1) is 16.5. The Hall–Kier alpha value is -1.92. The van der Waals surface area contributed by atoms with Gasteiger partial charge >= 0.3 is 0 Å². The number of hydrogen-bond acceptors (Lipinski definition) is 5. The van der Waals surface area contributed by atoms with Crippen LogP contribution in [0.2, 0.25) is 0 Å². The standard InChI is InChI=1S/C19H27N5O/c1-19(17-7-3-2-4-8-17)15-25-14-13-24(19)18-20-16-23(21-18)12-11-22-9-5-6-10-22/h2-4,7-8,16H,5-6,9-15H2,1H3. The van der Waals surface area contributed by atoms with Gasteiger partial charge in [0.15, 0.2) is 0 Å². The monoisotopic (exact) mass is 341 g/mol. The first-order chi connectivity index (χ1) is 12.3. The van der Waals surface area contributed by atoms with E-state index in [1.165, 1.54) is 31.5 Å². The number of aromatic nitrogens is 3. The van der Waals surface area contributed by atoms with Crippen LogP contribution in [-0.2, 0) is 16.8 Å². The van der Waals surface area contributed by atoms with Gasteiger partial charge in [-0.05, 0) is 38.4 Å². The molecule has 25 heavy (non-hydrogen) atoms. The molecule has 2 saturated heterocycles. The quantitative estimate of drug-likeness (QED) is 0.834. The maximum atomic E-state index is 5.80. The third kappa shape index (κ3) is 3.41. The second-order valence-electron chi connectivity index (χ2n) is 7.20. The van der Waals surface area contributed by atoms with Crippen LogP contribution in [0.3, 0.4) is 0 Å². The number of ether oxygens (including phenoxy) is 1. The summed E-state index contributed by atoms with van der Waals surface area (Å²) in [6, 6.07) is 10.5. The van der Waals surface area contributed by atoms with E-state index >= 15 is 0 Å². The predicted molar refractivity (Wildman–Crippen MR) is 97.7 cm³/mol. The summed E-state index contributed by atoms with van der Waals surface area (Å²) < 4.78 is 7.78. The van der Waals surface area contributed by atoms with Crippen molar-refractivity contribution in [1.29, 1.82) is 0 Å². The summed E-state index contributed by atoms with van der Waals surface area (Å²) in [7, 11) is 0. The molecule has 2 aromatic rings. The van der Waals surface area contributed by atoms with Crippen LogP contribution in [-0.4, -0.2) is 59.1 Å². The minimum atomic E-state index is -0.235. The van der Waals surface area contributed by atoms with Crippen LogP contribution >= 0.6 is 0 Å². The van der Waals surface area contributed by atoms with E-state index in [1.54, 1.807) is 0 Å². The molecule has 2 fully saturated rings. The lowest BCUT2D eigenvalue weighted by molar-refractivity contribution is 0.0548. The molecular weight excluding hydrogens is 314 g/mol. The molecule has 1 unspecified atom stereocenters. The fourth-order valence-corrected chi connectivity index (χ4v) is 3.87. The van der Waals surface area contributed by atoms with Gasteiger partial charge in [-0.3, -0.25) is 0 Å². The van der Waals surface area contributed by atoms with E-state index in [0.717, 1.165) is 25.6 Å². The van der Waals surface area contributed by atoms with Crippen molar-refractivity contribution in [1.82, 2.24) is 19.7 Å². The van der Waals surface area contributed by atoms with E-state index in [9.17, 15) is 0 Å². The Balaban J connectivity index is 1.51. The van der Waals surface area contributed by atoms with Gasteiger partial charge in [0.1, 0.15) is 6.33 Å². The summed E-state index contributed by atoms with van der Waals surface area (Å²) in [6.45, 7) is 8.79. The van der Waals surface area contributed by atoms with Gasteiger partial charge in [-0.2, -0.15) is 0 Å². The van der Waals surface area contributed by atoms with Gasteiger partial charge < -0.3 is 14.5 Å². The summed E-state index contributed by atoms with van der Waals surface area (Å²) in [6.07, 6.45) is 4.52. The van der Waals surface area contributed by atoms with Gasteiger partial charge in [0.2, 0.25) is 5.95 Å². The first-order valence-corrected chi connectivity index (χ1v) is 9.28. The molecule has 0 radical (unpaired) electrons. The zero-order valence-corrected chi connectivity index (χ0v) is 15.0. The van der Waals surface area contributed by atoms with Crippen molar-refractivity contribution < 1.29 is 4.74 Å². The molecule has 2 aliphatic rings. The van der Waals surface area contributed by atoms with Crippen LogP contribution in [0.5, 0.6) is 0 Å². The lowest BCUT2D eigenvalue weighted by Gasteiger charge is -2.44. The summed E-state index contributed by atoms with van der Waals surface area (Å²) in [5, 5.41) is 4.77. The van der Waals surface area contributed by atoms with Gasteiger partial charge in [0.25, 0.3) is 0 Å². The maximum Gasteiger partial charge on any atom is 0.245 e. The predicted octanol–water partition coefficient (Wildman–Crippen LogP) is 2.13. The van der Waals surface area contributed by atoms with Gasteiger partial charge in [0.05, 0.1) is 25.3 Å². The molecule has 0 spiro atoms. The molecular formula is C19H27N5O. The van der Waals surface area contributed by atoms with E-state index in [4.69, 9.17) is 9.84 Å². The van der Waals surface area contributed by atoms with E-state index in [-0.39, 0.29) is 5.54 Å². The topological polar surface area (TPSA) is 46.4 Å². The van der Waals surface area contributed by atoms with Crippen molar-refractivity contribution in [3.05, 3.63) is 42.2 Å². The summed E-state index contributed by atoms with van der Waals surface area (Å²) in [5.74, 6) is 0.802. The Morgan fingerprint density at radius 3 is 2.68 bits per heavy atom. The van der Waals surface area contributed by atoms with Crippen molar-refractivity contribution >= 4 is 5.95 Å². The summed E-state index contributed by atoms with van der Waals surface area (Å²) in [4.78, 5) is 9.40. The van der Waals surface area contributed by atoms with Crippen molar-refractivity contribution in [2.75, 3.05) is 44.3 Å². The van der Waals surface area contributed by atoms with Gasteiger partial charge in [-0.1, -0.05) is 30.3 Å². The lowest BCUT2D eigenvalue weighted by Crippen LogP contribution is -2.53. The van der Waals surface area contributed by atoms with Gasteiger partial charge in [-0.15, -0.1) is 5.10 Å². The maximum absolute atomic E-state index is 5.80. The number of morpholine rings is 1. The number of nitrogens with zero attached hydrogens (tertiary/aromatic N) is 5. The zero-order valence-electron chi connectivity index (χ0n) is 15.0. The number of benzene rings is 1. The number of likely N-dealkylation sites (tertiary alicyclic amines) is 1. The Morgan fingerprint density at radius 1 is 1.08 bits per heavy atom. The Labute approximate surface area is 149 Å². The average Bonchev–Trinajstić information content (AvgIpc) is 3.33. The molecule has 1 aromatic carbocycles. The smallest absolute Gasteiger partial charge is 0.245 e. The van der Waals surface area contributed by atoms with Crippen molar-refractivity contribution in [3.63, 3.8) is 0 Å². The average molecular weight is 341 g/mol. The van der Waals surface area contributed by atoms with E-state index < -0.39 is 0 Å². The first-order valence-electron chi connectivity index (χ1n) is 9.28. The fraction of sp³-hybridized carbons (Fsp3) is 0.579. The molecule has 134 valence electrons. The molecule has 0 aliphatic carbocycles. The van der Waals surface area contributed by atoms with Crippen LogP contribution in [0.25, 0.3) is 0 Å². The summed E-state index contributed by atoms with van der Waals surface area (Å²) >= 11 is 0. The van der Waals surface area contributed by atoms with Crippen molar-refractivity contribution in [2.24, 2.45) is 0 Å². The molecule has 2 aliphatic heterocycles. The largest absolute Gasteiger partial charge is 0.377 e. The highest BCUT2D eigenvalue weighted by Crippen LogP contribution is 2.33. The Kier molecular flexibility index (Phi) is 4.72. The SMILES string of the molecule is CC1(c2ccccc2)COCCN1c1ncn(CCN2CCCC2)n1. The minimum absolute atomic E-state index is 0.235. The second kappa shape index (κ2) is 7.14. The highest BCUT2D eigenvalue weighted by Gasteiger charge is 2.38. The van der Waals surface area contributed by atoms with Crippen LogP contribution in [0.1, 0.15) is 25.3 Å². The van der Waals surface area contributed by atoms with Crippen LogP contribution in [0.4, 0.5) is 5.95 Å². The third-order valence-electron chi connectivity index (χ3n) is 5.44. The molecule has 0 amide bonds. The van der Waals surface area contributed by atoms with Crippen LogP contribution in [0.15, 0.2) is 36.7 Å². The second-order valence-corrected chi connectivity index (χ2v) is 7.20. The molecule has 4 rings (SSSR count). The van der Waals surface area contributed by atoms with E-state index in [2.05, 4.69) is 46.0 Å². The Bertz CT molecular complexity index is 682. The highest BCUT2D eigenvalue weighted by atomic mass is 16.5. The lowest BCUT2D eigenvalue weighted by atomic mass is 9.90. The van der Waals surface area contributed by atoms with E-state index in [1.807, 2.05) is 17.1 Å². The van der Waals surface area contributed by atoms with E-state index in [0.29, 0.717) is 13.2 Å². The molecule has 6 heteroatoms. The highest BCUT2D eigenvalue weighted by molar-refractivity contribution is 5.41. The minimum Gasteiger partial charge on any atom is -0.377 e. The fourth-order valence-electron chi connectivity index (χ4n) is 3.87. The van der Waals surface area contributed by atoms with Crippen LogP contribution < -0.4 is 4.90 Å². The molecule has 0 saturated carbocycles. The molecule has 3 heterocycles. The number of rotatable bonds is 5. The van der Waals surface area contributed by atoms with Crippen molar-refractivity contribution in [3.8, 4) is 0 Å². The Morgan fingerprint density at radius 2 is 1.88 bits per heavy atom. The molecule has 1 aromatic heterocycles. The summed E-state index contributed by atoms with van der Waals surface area (Å²) in [5.41, 5.74) is 1.00.